The van der Waals surface area contributed by atoms with Gasteiger partial charge in [-0.1, -0.05) is 42.1 Å². The monoisotopic (exact) mass is 407 g/mol. The second kappa shape index (κ2) is 8.53. The molecule has 2 N–H and O–H groups in total. The van der Waals surface area contributed by atoms with Crippen molar-refractivity contribution in [3.05, 3.63) is 71.6 Å². The number of carbonyl (C=O) groups excluding carboxylic acids is 1. The van der Waals surface area contributed by atoms with Crippen LogP contribution in [0, 0.1) is 12.3 Å². The summed E-state index contributed by atoms with van der Waals surface area (Å²) in [4.78, 5) is 16.3. The van der Waals surface area contributed by atoms with Crippen molar-refractivity contribution in [2.45, 2.75) is 25.0 Å². The molecule has 2 heterocycles. The Hall–Kier alpha value is -3.06. The maximum absolute atomic E-state index is 11.7. The second-order valence-electron chi connectivity index (χ2n) is 6.76. The van der Waals surface area contributed by atoms with Gasteiger partial charge >= 0.3 is 0 Å². The molecule has 1 aliphatic heterocycles. The van der Waals surface area contributed by atoms with Gasteiger partial charge in [0.1, 0.15) is 11.5 Å². The predicted octanol–water partition coefficient (Wildman–Crippen LogP) is 3.98. The third-order valence-corrected chi connectivity index (χ3v) is 5.66. The molecular formula is C22H21N3O3S. The number of ether oxygens (including phenoxy) is 1. The highest BCUT2D eigenvalue weighted by Crippen LogP contribution is 2.24. The summed E-state index contributed by atoms with van der Waals surface area (Å²) in [5.41, 5.74) is 2.90. The van der Waals surface area contributed by atoms with Crippen molar-refractivity contribution in [3.63, 3.8) is 0 Å². The molecule has 0 spiro atoms. The molecule has 0 saturated carbocycles. The maximum Gasteiger partial charge on any atom is 0.239 e. The fraction of sp³-hybridized carbons (Fsp3) is 0.227. The van der Waals surface area contributed by atoms with E-state index in [-0.39, 0.29) is 16.3 Å². The Morgan fingerprint density at radius 2 is 1.93 bits per heavy atom. The van der Waals surface area contributed by atoms with Gasteiger partial charge in [-0.25, -0.2) is 4.98 Å². The van der Waals surface area contributed by atoms with Crippen molar-refractivity contribution >= 4 is 22.8 Å². The summed E-state index contributed by atoms with van der Waals surface area (Å²) < 4.78 is 11.6. The highest BCUT2D eigenvalue weighted by molar-refractivity contribution is 8.15. The average Bonchev–Trinajstić information content (AvgIpc) is 3.25. The number of rotatable bonds is 7. The van der Waals surface area contributed by atoms with Gasteiger partial charge in [0.2, 0.25) is 11.8 Å². The molecule has 29 heavy (non-hydrogen) atoms. The lowest BCUT2D eigenvalue weighted by Gasteiger charge is -2.08. The number of hydrogen-bond acceptors (Lipinski definition) is 6. The third-order valence-electron chi connectivity index (χ3n) is 4.65. The topological polar surface area (TPSA) is 88.2 Å². The number of thioether (sulfide) groups is 1. The van der Waals surface area contributed by atoms with Crippen LogP contribution in [0.4, 0.5) is 0 Å². The van der Waals surface area contributed by atoms with E-state index in [0.717, 1.165) is 28.3 Å². The Morgan fingerprint density at radius 1 is 1.17 bits per heavy atom. The number of amidine groups is 1. The van der Waals surface area contributed by atoms with Crippen LogP contribution in [0.5, 0.6) is 5.75 Å². The molecule has 0 bridgehead atoms. The second-order valence-corrected chi connectivity index (χ2v) is 7.97. The van der Waals surface area contributed by atoms with Crippen LogP contribution in [0.25, 0.3) is 11.5 Å². The van der Waals surface area contributed by atoms with Crippen molar-refractivity contribution in [2.24, 2.45) is 0 Å². The van der Waals surface area contributed by atoms with E-state index < -0.39 is 0 Å². The number of nitrogens with zero attached hydrogens (tertiary/aromatic N) is 1. The Morgan fingerprint density at radius 3 is 2.62 bits per heavy atom. The zero-order valence-electron chi connectivity index (χ0n) is 16.0. The fourth-order valence-corrected chi connectivity index (χ4v) is 4.00. The molecule has 0 aliphatic carbocycles. The molecule has 1 saturated heterocycles. The van der Waals surface area contributed by atoms with E-state index in [0.29, 0.717) is 25.3 Å². The van der Waals surface area contributed by atoms with E-state index >= 15 is 0 Å². The number of oxazole rings is 1. The van der Waals surface area contributed by atoms with Crippen LogP contribution in [0.2, 0.25) is 0 Å². The first-order chi connectivity index (χ1) is 14.1. The maximum atomic E-state index is 11.7. The van der Waals surface area contributed by atoms with Crippen LogP contribution in [-0.2, 0) is 17.6 Å². The average molecular weight is 407 g/mol. The molecule has 7 heteroatoms. The lowest BCUT2D eigenvalue weighted by atomic mass is 10.1. The number of amides is 1. The first-order valence-corrected chi connectivity index (χ1v) is 10.3. The number of carbonyl (C=O) groups is 1. The molecule has 148 valence electrons. The molecule has 1 unspecified atom stereocenters. The van der Waals surface area contributed by atoms with E-state index in [4.69, 9.17) is 14.6 Å². The van der Waals surface area contributed by atoms with E-state index in [2.05, 4.69) is 10.3 Å². The van der Waals surface area contributed by atoms with E-state index in [1.165, 1.54) is 11.8 Å². The minimum Gasteiger partial charge on any atom is -0.493 e. The van der Waals surface area contributed by atoms with Gasteiger partial charge < -0.3 is 14.5 Å². The van der Waals surface area contributed by atoms with Crippen molar-refractivity contribution in [2.75, 3.05) is 6.61 Å². The summed E-state index contributed by atoms with van der Waals surface area (Å²) >= 11 is 1.26. The lowest BCUT2D eigenvalue weighted by Crippen LogP contribution is -2.25. The number of hydrogen-bond donors (Lipinski definition) is 2. The van der Waals surface area contributed by atoms with Crippen molar-refractivity contribution in [1.29, 1.82) is 5.41 Å². The van der Waals surface area contributed by atoms with Gasteiger partial charge in [-0.2, -0.15) is 0 Å². The summed E-state index contributed by atoms with van der Waals surface area (Å²) in [5.74, 6) is 2.11. The number of aromatic nitrogens is 1. The van der Waals surface area contributed by atoms with Crippen LogP contribution in [0.15, 0.2) is 59.0 Å². The summed E-state index contributed by atoms with van der Waals surface area (Å²) in [7, 11) is 0. The number of nitrogens with one attached hydrogen (secondary N) is 2. The molecule has 1 fully saturated rings. The highest BCUT2D eigenvalue weighted by Gasteiger charge is 2.29. The van der Waals surface area contributed by atoms with Crippen LogP contribution in [-0.4, -0.2) is 27.9 Å². The smallest absolute Gasteiger partial charge is 0.239 e. The number of aryl methyl sites for hydroxylation is 1. The fourth-order valence-electron chi connectivity index (χ4n) is 3.12. The van der Waals surface area contributed by atoms with Gasteiger partial charge in [0, 0.05) is 12.0 Å². The number of benzene rings is 2. The Bertz CT molecular complexity index is 1020. The molecule has 0 radical (unpaired) electrons. The van der Waals surface area contributed by atoms with Crippen LogP contribution in [0.3, 0.4) is 0 Å². The molecule has 2 aromatic carbocycles. The lowest BCUT2D eigenvalue weighted by molar-refractivity contribution is -0.118. The van der Waals surface area contributed by atoms with Gasteiger partial charge in [0.25, 0.3) is 0 Å². The minimum atomic E-state index is -0.233. The molecular weight excluding hydrogens is 386 g/mol. The Balaban J connectivity index is 1.30. The highest BCUT2D eigenvalue weighted by atomic mass is 32.2. The largest absolute Gasteiger partial charge is 0.493 e. The third kappa shape index (κ3) is 4.68. The first kappa shape index (κ1) is 19.3. The normalized spacial score (nSPS) is 16.1. The standard InChI is InChI=1S/C22H21N3O3S/c1-14-18(24-21(28-14)16-5-3-2-4-6-16)11-12-27-17-9-7-15(8-10-17)13-19-20(26)25-22(23)29-19/h2-10,19H,11-13H2,1H3,(H2,23,25,26). The molecule has 1 atom stereocenters. The molecule has 4 rings (SSSR count). The first-order valence-electron chi connectivity index (χ1n) is 9.38. The Kier molecular flexibility index (Phi) is 5.67. The summed E-state index contributed by atoms with van der Waals surface area (Å²) in [5, 5.41) is 10.0. The van der Waals surface area contributed by atoms with E-state index in [1.54, 1.807) is 0 Å². The quantitative estimate of drug-likeness (QED) is 0.618. The van der Waals surface area contributed by atoms with E-state index in [9.17, 15) is 4.79 Å². The van der Waals surface area contributed by atoms with E-state index in [1.807, 2.05) is 61.5 Å². The molecule has 1 aliphatic rings. The van der Waals surface area contributed by atoms with Crippen LogP contribution in [0.1, 0.15) is 17.0 Å². The molecule has 3 aromatic rings. The van der Waals surface area contributed by atoms with Gasteiger partial charge in [0.15, 0.2) is 5.17 Å². The Labute approximate surface area is 173 Å². The predicted molar refractivity (Wildman–Crippen MR) is 113 cm³/mol. The van der Waals surface area contributed by atoms with Crippen LogP contribution >= 0.6 is 11.8 Å². The molecule has 6 nitrogen and oxygen atoms in total. The van der Waals surface area contributed by atoms with Crippen molar-refractivity contribution in [3.8, 4) is 17.2 Å². The SMILES string of the molecule is Cc1oc(-c2ccccc2)nc1CCOc1ccc(CC2SC(=N)NC2=O)cc1. The van der Waals surface area contributed by atoms with Gasteiger partial charge in [0.05, 0.1) is 17.6 Å². The summed E-state index contributed by atoms with van der Waals surface area (Å²) in [6.07, 6.45) is 1.25. The van der Waals surface area contributed by atoms with Crippen LogP contribution < -0.4 is 10.1 Å². The van der Waals surface area contributed by atoms with Crippen molar-refractivity contribution < 1.29 is 13.9 Å². The molecule has 1 aromatic heterocycles. The van der Waals surface area contributed by atoms with Crippen molar-refractivity contribution in [1.82, 2.24) is 10.3 Å². The minimum absolute atomic E-state index is 0.0989. The zero-order chi connectivity index (χ0) is 20.2. The van der Waals surface area contributed by atoms with Gasteiger partial charge in [-0.15, -0.1) is 0 Å². The van der Waals surface area contributed by atoms with Gasteiger partial charge in [-0.05, 0) is 43.2 Å². The zero-order valence-corrected chi connectivity index (χ0v) is 16.8. The molecule has 1 amide bonds. The summed E-state index contributed by atoms with van der Waals surface area (Å²) in [6.45, 7) is 2.42. The summed E-state index contributed by atoms with van der Waals surface area (Å²) in [6, 6.07) is 17.6. The van der Waals surface area contributed by atoms with Gasteiger partial charge in [-0.3, -0.25) is 10.2 Å².